The highest BCUT2D eigenvalue weighted by Crippen LogP contribution is 2.25. The second-order valence-corrected chi connectivity index (χ2v) is 5.42. The van der Waals surface area contributed by atoms with E-state index in [4.69, 9.17) is 5.11 Å². The minimum atomic E-state index is -0.843. The summed E-state index contributed by atoms with van der Waals surface area (Å²) in [5, 5.41) is 11.7. The number of hydrogen-bond donors (Lipinski definition) is 2. The number of aliphatic carboxylic acids is 1. The van der Waals surface area contributed by atoms with Crippen LogP contribution < -0.4 is 10.9 Å². The van der Waals surface area contributed by atoms with E-state index in [1.165, 1.54) is 10.6 Å². The minimum absolute atomic E-state index is 0.0394. The summed E-state index contributed by atoms with van der Waals surface area (Å²) in [6, 6.07) is 4.90. The van der Waals surface area contributed by atoms with Crippen molar-refractivity contribution in [2.24, 2.45) is 5.92 Å². The lowest BCUT2D eigenvalue weighted by atomic mass is 10.1. The summed E-state index contributed by atoms with van der Waals surface area (Å²) in [4.78, 5) is 39.5. The van der Waals surface area contributed by atoms with Gasteiger partial charge in [-0.2, -0.15) is 0 Å². The van der Waals surface area contributed by atoms with Crippen LogP contribution in [0.25, 0.3) is 5.65 Å². The number of nitrogens with zero attached hydrogens (tertiary/aromatic N) is 2. The maximum atomic E-state index is 12.3. The molecular formula is C15H15N3O4. The number of pyridine rings is 1. The average Bonchev–Trinajstić information content (AvgIpc) is 2.96. The summed E-state index contributed by atoms with van der Waals surface area (Å²) in [5.74, 6) is -1.78. The third-order valence-corrected chi connectivity index (χ3v) is 3.98. The smallest absolute Gasteiger partial charge is 0.306 e. The normalized spacial score (nSPS) is 20.9. The maximum absolute atomic E-state index is 12.3. The summed E-state index contributed by atoms with van der Waals surface area (Å²) in [6.45, 7) is 0. The summed E-state index contributed by atoms with van der Waals surface area (Å²) >= 11 is 0. The van der Waals surface area contributed by atoms with Crippen molar-refractivity contribution in [3.05, 3.63) is 46.5 Å². The van der Waals surface area contributed by atoms with E-state index in [0.717, 1.165) is 0 Å². The number of fused-ring (bicyclic) bond motifs is 1. The standard InChI is InChI=1S/C15H15N3O4/c19-13(17-10-5-4-9(7-10)15(21)22)11-8-16-12-3-1-2-6-18(12)14(11)20/h1-3,6,8-10H,4-5,7H2,(H,17,19)(H,21,22)/t9-,10+/m0/s1. The zero-order valence-electron chi connectivity index (χ0n) is 11.7. The zero-order chi connectivity index (χ0) is 15.7. The fraction of sp³-hybridized carbons (Fsp3) is 0.333. The van der Waals surface area contributed by atoms with Gasteiger partial charge in [-0.15, -0.1) is 0 Å². The molecule has 1 aliphatic rings. The minimum Gasteiger partial charge on any atom is -0.481 e. The molecule has 0 aliphatic heterocycles. The molecular weight excluding hydrogens is 286 g/mol. The van der Waals surface area contributed by atoms with Gasteiger partial charge in [0.1, 0.15) is 11.2 Å². The number of aromatic nitrogens is 2. The first-order valence-electron chi connectivity index (χ1n) is 7.06. The highest BCUT2D eigenvalue weighted by Gasteiger charge is 2.31. The lowest BCUT2D eigenvalue weighted by molar-refractivity contribution is -0.141. The fourth-order valence-corrected chi connectivity index (χ4v) is 2.78. The largest absolute Gasteiger partial charge is 0.481 e. The highest BCUT2D eigenvalue weighted by atomic mass is 16.4. The van der Waals surface area contributed by atoms with E-state index in [1.54, 1.807) is 24.4 Å². The number of rotatable bonds is 3. The van der Waals surface area contributed by atoms with Gasteiger partial charge < -0.3 is 10.4 Å². The molecule has 0 aromatic carbocycles. The quantitative estimate of drug-likeness (QED) is 0.868. The molecule has 1 amide bonds. The second-order valence-electron chi connectivity index (χ2n) is 5.42. The van der Waals surface area contributed by atoms with Gasteiger partial charge in [0.25, 0.3) is 11.5 Å². The Morgan fingerprint density at radius 3 is 2.86 bits per heavy atom. The molecule has 2 atom stereocenters. The Bertz CT molecular complexity index is 799. The van der Waals surface area contributed by atoms with Crippen LogP contribution in [0.3, 0.4) is 0 Å². The van der Waals surface area contributed by atoms with Crippen LogP contribution in [0.15, 0.2) is 35.4 Å². The van der Waals surface area contributed by atoms with Crippen molar-refractivity contribution in [2.45, 2.75) is 25.3 Å². The summed E-state index contributed by atoms with van der Waals surface area (Å²) in [5.41, 5.74) is -0.00536. The predicted molar refractivity (Wildman–Crippen MR) is 77.7 cm³/mol. The third kappa shape index (κ3) is 2.57. The van der Waals surface area contributed by atoms with E-state index >= 15 is 0 Å². The molecule has 0 bridgehead atoms. The molecule has 0 unspecified atom stereocenters. The zero-order valence-corrected chi connectivity index (χ0v) is 11.7. The molecule has 1 saturated carbocycles. The first kappa shape index (κ1) is 14.2. The van der Waals surface area contributed by atoms with Gasteiger partial charge in [0.2, 0.25) is 0 Å². The monoisotopic (exact) mass is 301 g/mol. The molecule has 0 saturated heterocycles. The van der Waals surface area contributed by atoms with Crippen LogP contribution in [0.2, 0.25) is 0 Å². The van der Waals surface area contributed by atoms with Gasteiger partial charge in [0.15, 0.2) is 0 Å². The molecule has 1 fully saturated rings. The number of carbonyl (C=O) groups is 2. The molecule has 3 rings (SSSR count). The first-order chi connectivity index (χ1) is 10.6. The van der Waals surface area contributed by atoms with E-state index in [2.05, 4.69) is 10.3 Å². The van der Waals surface area contributed by atoms with Crippen LogP contribution in [-0.4, -0.2) is 32.4 Å². The van der Waals surface area contributed by atoms with Crippen molar-refractivity contribution < 1.29 is 14.7 Å². The van der Waals surface area contributed by atoms with Crippen LogP contribution in [0, 0.1) is 5.92 Å². The average molecular weight is 301 g/mol. The molecule has 7 nitrogen and oxygen atoms in total. The predicted octanol–water partition coefficient (Wildman–Crippen LogP) is 0.678. The number of amides is 1. The first-order valence-corrected chi connectivity index (χ1v) is 7.06. The lowest BCUT2D eigenvalue weighted by Crippen LogP contribution is -2.37. The van der Waals surface area contributed by atoms with Crippen LogP contribution in [0.5, 0.6) is 0 Å². The molecule has 0 radical (unpaired) electrons. The van der Waals surface area contributed by atoms with Crippen molar-refractivity contribution in [2.75, 3.05) is 0 Å². The van der Waals surface area contributed by atoms with Crippen molar-refractivity contribution >= 4 is 17.5 Å². The van der Waals surface area contributed by atoms with Crippen molar-refractivity contribution in [3.63, 3.8) is 0 Å². The molecule has 2 aromatic rings. The van der Waals surface area contributed by atoms with Gasteiger partial charge in [-0.05, 0) is 31.4 Å². The van der Waals surface area contributed by atoms with Crippen molar-refractivity contribution in [3.8, 4) is 0 Å². The van der Waals surface area contributed by atoms with Gasteiger partial charge in [-0.3, -0.25) is 18.8 Å². The van der Waals surface area contributed by atoms with E-state index in [1.807, 2.05) is 0 Å². The Balaban J connectivity index is 1.80. The van der Waals surface area contributed by atoms with Crippen LogP contribution in [-0.2, 0) is 4.79 Å². The van der Waals surface area contributed by atoms with Crippen molar-refractivity contribution in [1.82, 2.24) is 14.7 Å². The maximum Gasteiger partial charge on any atom is 0.306 e. The Labute approximate surface area is 125 Å². The molecule has 7 heteroatoms. The Morgan fingerprint density at radius 2 is 2.14 bits per heavy atom. The van der Waals surface area contributed by atoms with Gasteiger partial charge in [-0.25, -0.2) is 4.98 Å². The van der Waals surface area contributed by atoms with Crippen LogP contribution >= 0.6 is 0 Å². The number of carboxylic acids is 1. The highest BCUT2D eigenvalue weighted by molar-refractivity contribution is 5.94. The lowest BCUT2D eigenvalue weighted by Gasteiger charge is -2.12. The summed E-state index contributed by atoms with van der Waals surface area (Å²) in [7, 11) is 0. The fourth-order valence-electron chi connectivity index (χ4n) is 2.78. The van der Waals surface area contributed by atoms with Gasteiger partial charge in [-0.1, -0.05) is 6.07 Å². The van der Waals surface area contributed by atoms with Crippen molar-refractivity contribution in [1.29, 1.82) is 0 Å². The van der Waals surface area contributed by atoms with Gasteiger partial charge in [0, 0.05) is 18.4 Å². The summed E-state index contributed by atoms with van der Waals surface area (Å²) in [6.07, 6.45) is 4.35. The Morgan fingerprint density at radius 1 is 1.32 bits per heavy atom. The Hall–Kier alpha value is -2.70. The molecule has 2 aromatic heterocycles. The molecule has 2 N–H and O–H groups in total. The number of carbonyl (C=O) groups excluding carboxylic acids is 1. The topological polar surface area (TPSA) is 101 Å². The summed E-state index contributed by atoms with van der Waals surface area (Å²) < 4.78 is 1.31. The number of carboxylic acid groups (broad SMARTS) is 1. The van der Waals surface area contributed by atoms with Crippen LogP contribution in [0.4, 0.5) is 0 Å². The molecule has 22 heavy (non-hydrogen) atoms. The SMILES string of the molecule is O=C(N[C@@H]1CC[C@H](C(=O)O)C1)c1cnc2ccccn2c1=O. The van der Waals surface area contributed by atoms with Gasteiger partial charge >= 0.3 is 5.97 Å². The molecule has 1 aliphatic carbocycles. The second kappa shape index (κ2) is 5.59. The Kier molecular flexibility index (Phi) is 3.62. The van der Waals surface area contributed by atoms with E-state index in [-0.39, 0.29) is 11.6 Å². The number of nitrogens with one attached hydrogen (secondary N) is 1. The van der Waals surface area contributed by atoms with E-state index in [0.29, 0.717) is 24.9 Å². The molecule has 114 valence electrons. The van der Waals surface area contributed by atoms with E-state index in [9.17, 15) is 14.4 Å². The van der Waals surface area contributed by atoms with Crippen LogP contribution in [0.1, 0.15) is 29.6 Å². The number of hydrogen-bond acceptors (Lipinski definition) is 4. The third-order valence-electron chi connectivity index (χ3n) is 3.98. The molecule has 0 spiro atoms. The molecule has 2 heterocycles. The van der Waals surface area contributed by atoms with E-state index < -0.39 is 23.4 Å². The van der Waals surface area contributed by atoms with Gasteiger partial charge in [0.05, 0.1) is 5.92 Å².